The van der Waals surface area contributed by atoms with Crippen molar-refractivity contribution in [2.75, 3.05) is 6.61 Å². The number of alkyl halides is 10. The Kier molecular flexibility index (Phi) is 9.58. The molecule has 0 bridgehead atoms. The average molecular weight is 545 g/mol. The Balaban J connectivity index is 6.01. The maximum atomic E-state index is 13.6. The van der Waals surface area contributed by atoms with Crippen LogP contribution in [0.3, 0.4) is 0 Å². The van der Waals surface area contributed by atoms with E-state index in [1.165, 1.54) is 5.32 Å². The molecule has 0 aromatic carbocycles. The van der Waals surface area contributed by atoms with Gasteiger partial charge in [-0.15, -0.1) is 0 Å². The van der Waals surface area contributed by atoms with Crippen molar-refractivity contribution in [2.45, 2.75) is 62.0 Å². The number of amides is 1. The Bertz CT molecular complexity index is 883. The van der Waals surface area contributed by atoms with Crippen LogP contribution in [-0.4, -0.2) is 66.8 Å². The molecule has 2 N–H and O–H groups in total. The third kappa shape index (κ3) is 7.17. The summed E-state index contributed by atoms with van der Waals surface area (Å²) in [5.74, 6) is -15.7. The number of nitrogens with one attached hydrogen (secondary N) is 1. The number of esters is 1. The second kappa shape index (κ2) is 10.2. The molecule has 34 heavy (non-hydrogen) atoms. The minimum absolute atomic E-state index is 1.06. The van der Waals surface area contributed by atoms with Gasteiger partial charge in [0.1, 0.15) is 5.57 Å². The number of rotatable bonds is 11. The van der Waals surface area contributed by atoms with E-state index in [0.29, 0.717) is 0 Å². The molecule has 0 aliphatic carbocycles. The molecule has 0 aromatic rings. The summed E-state index contributed by atoms with van der Waals surface area (Å²) < 4.78 is 169. The van der Waals surface area contributed by atoms with E-state index in [0.717, 1.165) is 13.8 Å². The number of ether oxygens (including phenoxy) is 2. The fraction of sp³-hybridized carbons (Fsp3) is 0.733. The van der Waals surface area contributed by atoms with Gasteiger partial charge >= 0.3 is 51.3 Å². The number of carbonyl (C=O) groups is 2. The molecule has 0 aliphatic heterocycles. The summed E-state index contributed by atoms with van der Waals surface area (Å²) in [5.41, 5.74) is -2.51. The van der Waals surface area contributed by atoms with E-state index in [1.54, 1.807) is 0 Å². The molecule has 0 saturated carbocycles. The smallest absolute Gasteiger partial charge is 0.412 e. The highest BCUT2D eigenvalue weighted by Gasteiger charge is 2.68. The molecule has 0 heterocycles. The minimum atomic E-state index is -6.67. The molecule has 0 fully saturated rings. The fourth-order valence-corrected chi connectivity index (χ4v) is 2.40. The third-order valence-electron chi connectivity index (χ3n) is 3.61. The number of hydrogen-bond acceptors (Lipinski definition) is 6. The summed E-state index contributed by atoms with van der Waals surface area (Å²) in [6.07, 6.45) is -15.6. The van der Waals surface area contributed by atoms with E-state index >= 15 is 0 Å². The first kappa shape index (κ1) is 31.9. The van der Waals surface area contributed by atoms with Gasteiger partial charge in [0.2, 0.25) is 0 Å². The highest BCUT2D eigenvalue weighted by Crippen LogP contribution is 2.42. The van der Waals surface area contributed by atoms with E-state index in [4.69, 9.17) is 4.55 Å². The van der Waals surface area contributed by atoms with Gasteiger partial charge in [0.15, 0.2) is 0 Å². The summed E-state index contributed by atoms with van der Waals surface area (Å²) in [7, 11) is -6.67. The molecule has 0 radical (unpaired) electrons. The molecule has 8 nitrogen and oxygen atoms in total. The van der Waals surface area contributed by atoms with Crippen molar-refractivity contribution in [1.29, 1.82) is 0 Å². The van der Waals surface area contributed by atoms with E-state index in [2.05, 4.69) is 16.1 Å². The molecular weight excluding hydrogens is 528 g/mol. The number of hydrogen-bond donors (Lipinski definition) is 2. The maximum Gasteiger partial charge on any atom is 0.466 e. The van der Waals surface area contributed by atoms with Crippen LogP contribution in [0.2, 0.25) is 0 Å². The molecule has 0 aliphatic rings. The van der Waals surface area contributed by atoms with Crippen molar-refractivity contribution in [3.8, 4) is 0 Å². The van der Waals surface area contributed by atoms with Gasteiger partial charge in [-0.3, -0.25) is 9.35 Å². The van der Waals surface area contributed by atoms with Crippen LogP contribution in [0.5, 0.6) is 0 Å². The lowest BCUT2D eigenvalue weighted by Crippen LogP contribution is -2.62. The molecule has 0 rings (SSSR count). The standard InChI is InChI=1S/C15H17F10NO7S/c1-7(2)26-10(28)12(14(21,22)23,33-9(27)8(3)13(18,19)20)32-6-4-5-11(16,17)15(24,25)34(29,30)31/h7H,3-6H2,1-2H3,(H,26,28)(H,29,30,31). The van der Waals surface area contributed by atoms with Crippen molar-refractivity contribution in [2.24, 2.45) is 0 Å². The summed E-state index contributed by atoms with van der Waals surface area (Å²) >= 11 is 0. The SMILES string of the molecule is C=C(C(=O)OC(OCCCC(F)(F)C(F)(F)S(=O)(=O)O)(C(=O)NC(C)C)C(F)(F)F)C(F)(F)F. The van der Waals surface area contributed by atoms with Crippen LogP contribution < -0.4 is 5.32 Å². The predicted octanol–water partition coefficient (Wildman–Crippen LogP) is 3.34. The summed E-state index contributed by atoms with van der Waals surface area (Å²) in [5, 5.41) is -4.55. The molecular formula is C15H17F10NO7S. The van der Waals surface area contributed by atoms with E-state index in [9.17, 15) is 61.9 Å². The van der Waals surface area contributed by atoms with Gasteiger partial charge in [-0.25, -0.2) is 4.79 Å². The highest BCUT2D eigenvalue weighted by atomic mass is 32.2. The maximum absolute atomic E-state index is 13.6. The Morgan fingerprint density at radius 1 is 1.00 bits per heavy atom. The largest absolute Gasteiger partial charge is 0.466 e. The molecule has 200 valence electrons. The number of halogens is 10. The summed E-state index contributed by atoms with van der Waals surface area (Å²) in [6.45, 7) is 2.50. The molecule has 0 aromatic heterocycles. The zero-order chi connectivity index (χ0) is 27.6. The Labute approximate surface area is 185 Å². The average Bonchev–Trinajstić information content (AvgIpc) is 2.59. The van der Waals surface area contributed by atoms with Crippen molar-refractivity contribution < 1.29 is 75.9 Å². The summed E-state index contributed by atoms with van der Waals surface area (Å²) in [4.78, 5) is 23.6. The second-order valence-corrected chi connectivity index (χ2v) is 8.22. The molecule has 1 atom stereocenters. The van der Waals surface area contributed by atoms with Crippen LogP contribution in [0.4, 0.5) is 43.9 Å². The van der Waals surface area contributed by atoms with Gasteiger partial charge in [-0.1, -0.05) is 6.58 Å². The lowest BCUT2D eigenvalue weighted by Gasteiger charge is -2.34. The van der Waals surface area contributed by atoms with Crippen LogP contribution in [-0.2, 0) is 29.2 Å². The van der Waals surface area contributed by atoms with Crippen molar-refractivity contribution in [3.05, 3.63) is 12.2 Å². The Hall–Kier alpha value is -2.15. The van der Waals surface area contributed by atoms with Crippen LogP contribution in [0.25, 0.3) is 0 Å². The highest BCUT2D eigenvalue weighted by molar-refractivity contribution is 7.87. The molecule has 1 unspecified atom stereocenters. The molecule has 0 spiro atoms. The zero-order valence-electron chi connectivity index (χ0n) is 17.0. The van der Waals surface area contributed by atoms with Crippen LogP contribution in [0.1, 0.15) is 26.7 Å². The minimum Gasteiger partial charge on any atom is -0.412 e. The van der Waals surface area contributed by atoms with Gasteiger partial charge in [-0.05, 0) is 20.3 Å². The second-order valence-electron chi connectivity index (χ2n) is 6.76. The Morgan fingerprint density at radius 2 is 1.47 bits per heavy atom. The molecule has 19 heteroatoms. The third-order valence-corrected chi connectivity index (χ3v) is 4.55. The Morgan fingerprint density at radius 3 is 1.82 bits per heavy atom. The van der Waals surface area contributed by atoms with Gasteiger partial charge in [-0.2, -0.15) is 52.3 Å². The van der Waals surface area contributed by atoms with E-state index in [-0.39, 0.29) is 0 Å². The fourth-order valence-electron chi connectivity index (χ4n) is 1.92. The first-order valence-corrected chi connectivity index (χ1v) is 10.0. The van der Waals surface area contributed by atoms with Crippen molar-refractivity contribution in [1.82, 2.24) is 5.32 Å². The van der Waals surface area contributed by atoms with E-state index in [1.807, 2.05) is 0 Å². The van der Waals surface area contributed by atoms with E-state index < -0.39 is 82.4 Å². The molecule has 1 amide bonds. The summed E-state index contributed by atoms with van der Waals surface area (Å²) in [6, 6.07) is -1.17. The van der Waals surface area contributed by atoms with Crippen molar-refractivity contribution in [3.63, 3.8) is 0 Å². The van der Waals surface area contributed by atoms with Crippen LogP contribution >= 0.6 is 0 Å². The predicted molar refractivity (Wildman–Crippen MR) is 90.0 cm³/mol. The number of carbonyl (C=O) groups excluding carboxylic acids is 2. The van der Waals surface area contributed by atoms with Gasteiger partial charge in [0.05, 0.1) is 6.61 Å². The van der Waals surface area contributed by atoms with Crippen molar-refractivity contribution >= 4 is 22.0 Å². The van der Waals surface area contributed by atoms with Crippen LogP contribution in [0, 0.1) is 0 Å². The lowest BCUT2D eigenvalue weighted by molar-refractivity contribution is -0.348. The van der Waals surface area contributed by atoms with Gasteiger partial charge < -0.3 is 14.8 Å². The quantitative estimate of drug-likeness (QED) is 0.102. The first-order chi connectivity index (χ1) is 14.8. The van der Waals surface area contributed by atoms with Crippen LogP contribution in [0.15, 0.2) is 12.2 Å². The molecule has 0 saturated heterocycles. The monoisotopic (exact) mass is 545 g/mol. The van der Waals surface area contributed by atoms with Gasteiger partial charge in [0.25, 0.3) is 0 Å². The topological polar surface area (TPSA) is 119 Å². The normalized spacial score (nSPS) is 15.6. The van der Waals surface area contributed by atoms with Gasteiger partial charge in [0, 0.05) is 12.5 Å². The lowest BCUT2D eigenvalue weighted by atomic mass is 10.1. The zero-order valence-corrected chi connectivity index (χ0v) is 17.8. The first-order valence-electron chi connectivity index (χ1n) is 8.57.